The summed E-state index contributed by atoms with van der Waals surface area (Å²) in [6.45, 7) is 2.74. The first kappa shape index (κ1) is 11.4. The van der Waals surface area contributed by atoms with E-state index in [-0.39, 0.29) is 11.3 Å². The van der Waals surface area contributed by atoms with Gasteiger partial charge < -0.3 is 4.90 Å². The number of nitrogens with zero attached hydrogens (tertiary/aromatic N) is 2. The van der Waals surface area contributed by atoms with Crippen molar-refractivity contribution in [3.8, 4) is 0 Å². The summed E-state index contributed by atoms with van der Waals surface area (Å²) >= 11 is 3.52. The first-order chi connectivity index (χ1) is 9.17. The van der Waals surface area contributed by atoms with Crippen LogP contribution >= 0.6 is 15.9 Å². The van der Waals surface area contributed by atoms with Crippen molar-refractivity contribution in [2.45, 2.75) is 25.2 Å². The number of carbonyl (C=O) groups excluding carboxylic acids is 1. The molecule has 0 unspecified atom stereocenters. The van der Waals surface area contributed by atoms with Crippen LogP contribution in [0.5, 0.6) is 0 Å². The van der Waals surface area contributed by atoms with Crippen molar-refractivity contribution < 1.29 is 4.79 Å². The second kappa shape index (κ2) is 3.57. The summed E-state index contributed by atoms with van der Waals surface area (Å²) in [5.41, 5.74) is 2.94. The van der Waals surface area contributed by atoms with Crippen molar-refractivity contribution in [2.75, 3.05) is 11.4 Å². The van der Waals surface area contributed by atoms with E-state index in [1.54, 1.807) is 0 Å². The van der Waals surface area contributed by atoms with E-state index < -0.39 is 0 Å². The lowest BCUT2D eigenvalue weighted by molar-refractivity contribution is -0.120. The Kier molecular flexibility index (Phi) is 2.14. The second-order valence-electron chi connectivity index (χ2n) is 5.31. The Hall–Kier alpha value is -1.42. The number of amides is 1. The van der Waals surface area contributed by atoms with E-state index in [4.69, 9.17) is 0 Å². The molecule has 2 heterocycles. The molecular formula is C15H13BrN2O. The van der Waals surface area contributed by atoms with Crippen LogP contribution in [0.4, 0.5) is 5.69 Å². The second-order valence-corrected chi connectivity index (χ2v) is 6.23. The summed E-state index contributed by atoms with van der Waals surface area (Å²) in [6.07, 6.45) is 3.81. The molecule has 0 atom stereocenters. The standard InChI is InChI=1S/C15H13BrN2O/c1-2-18-12-8-17-11-4-3-9(16)7-10(11)13(12)15(5-6-15)14(18)19/h3-4,7-8H,2,5-6H2,1H3. The molecule has 0 radical (unpaired) electrons. The number of fused-ring (bicyclic) bond motifs is 4. The zero-order valence-corrected chi connectivity index (χ0v) is 12.2. The number of carbonyl (C=O) groups is 1. The number of anilines is 1. The number of likely N-dealkylation sites (N-methyl/N-ethyl adjacent to an activating group) is 1. The lowest BCUT2D eigenvalue weighted by Gasteiger charge is -2.14. The number of rotatable bonds is 1. The first-order valence-electron chi connectivity index (χ1n) is 6.58. The molecule has 1 aromatic heterocycles. The molecule has 96 valence electrons. The normalized spacial score (nSPS) is 19.3. The highest BCUT2D eigenvalue weighted by Gasteiger charge is 2.59. The van der Waals surface area contributed by atoms with Crippen molar-refractivity contribution in [3.63, 3.8) is 0 Å². The molecule has 1 aromatic carbocycles. The van der Waals surface area contributed by atoms with Crippen LogP contribution in [-0.4, -0.2) is 17.4 Å². The Morgan fingerprint density at radius 2 is 2.21 bits per heavy atom. The molecule has 0 bridgehead atoms. The largest absolute Gasteiger partial charge is 0.310 e. The molecular weight excluding hydrogens is 304 g/mol. The lowest BCUT2D eigenvalue weighted by atomic mass is 9.94. The average molecular weight is 317 g/mol. The molecule has 1 fully saturated rings. The maximum atomic E-state index is 12.6. The fraction of sp³-hybridized carbons (Fsp3) is 0.333. The molecule has 1 spiro atoms. The highest BCUT2D eigenvalue weighted by Crippen LogP contribution is 2.59. The zero-order chi connectivity index (χ0) is 13.2. The highest BCUT2D eigenvalue weighted by atomic mass is 79.9. The molecule has 4 rings (SSSR count). The van der Waals surface area contributed by atoms with Gasteiger partial charge >= 0.3 is 0 Å². The van der Waals surface area contributed by atoms with Gasteiger partial charge in [0, 0.05) is 22.0 Å². The smallest absolute Gasteiger partial charge is 0.237 e. The van der Waals surface area contributed by atoms with Crippen LogP contribution in [0, 0.1) is 0 Å². The topological polar surface area (TPSA) is 33.2 Å². The van der Waals surface area contributed by atoms with Gasteiger partial charge in [-0.15, -0.1) is 0 Å². The molecule has 0 N–H and O–H groups in total. The molecule has 1 aliphatic heterocycles. The predicted octanol–water partition coefficient (Wildman–Crippen LogP) is 3.40. The lowest BCUT2D eigenvalue weighted by Crippen LogP contribution is -2.31. The summed E-state index contributed by atoms with van der Waals surface area (Å²) in [7, 11) is 0. The fourth-order valence-corrected chi connectivity index (χ4v) is 3.60. The van der Waals surface area contributed by atoms with Crippen LogP contribution in [0.1, 0.15) is 25.3 Å². The van der Waals surface area contributed by atoms with Crippen molar-refractivity contribution in [2.24, 2.45) is 0 Å². The monoisotopic (exact) mass is 316 g/mol. The van der Waals surface area contributed by atoms with E-state index in [2.05, 4.69) is 27.0 Å². The molecule has 1 aliphatic carbocycles. The quantitative estimate of drug-likeness (QED) is 0.808. The van der Waals surface area contributed by atoms with Gasteiger partial charge in [-0.25, -0.2) is 0 Å². The third-order valence-electron chi connectivity index (χ3n) is 4.30. The van der Waals surface area contributed by atoms with E-state index in [0.717, 1.165) is 40.4 Å². The molecule has 1 saturated carbocycles. The molecule has 1 amide bonds. The molecule has 3 nitrogen and oxygen atoms in total. The Balaban J connectivity index is 2.11. The van der Waals surface area contributed by atoms with E-state index in [1.807, 2.05) is 30.2 Å². The number of aromatic nitrogens is 1. The summed E-state index contributed by atoms with van der Waals surface area (Å²) in [6, 6.07) is 6.10. The molecule has 4 heteroatoms. The van der Waals surface area contributed by atoms with Gasteiger partial charge in [-0.3, -0.25) is 9.78 Å². The Bertz CT molecular complexity index is 721. The van der Waals surface area contributed by atoms with E-state index in [0.29, 0.717) is 0 Å². The van der Waals surface area contributed by atoms with Gasteiger partial charge in [0.25, 0.3) is 0 Å². The first-order valence-corrected chi connectivity index (χ1v) is 7.37. The number of hydrogen-bond donors (Lipinski definition) is 0. The molecule has 2 aromatic rings. The number of pyridine rings is 1. The van der Waals surface area contributed by atoms with Gasteiger partial charge in [-0.05, 0) is 38.0 Å². The summed E-state index contributed by atoms with van der Waals surface area (Å²) < 4.78 is 1.04. The van der Waals surface area contributed by atoms with E-state index in [1.165, 1.54) is 5.56 Å². The van der Waals surface area contributed by atoms with E-state index in [9.17, 15) is 4.79 Å². The third-order valence-corrected chi connectivity index (χ3v) is 4.79. The predicted molar refractivity (Wildman–Crippen MR) is 78.4 cm³/mol. The van der Waals surface area contributed by atoms with Crippen molar-refractivity contribution in [1.82, 2.24) is 4.98 Å². The summed E-state index contributed by atoms with van der Waals surface area (Å²) in [4.78, 5) is 19.0. The minimum Gasteiger partial charge on any atom is -0.310 e. The maximum absolute atomic E-state index is 12.6. The van der Waals surface area contributed by atoms with Crippen molar-refractivity contribution >= 4 is 38.4 Å². The van der Waals surface area contributed by atoms with Gasteiger partial charge in [0.05, 0.1) is 22.8 Å². The molecule has 0 saturated heterocycles. The van der Waals surface area contributed by atoms with Crippen LogP contribution in [0.3, 0.4) is 0 Å². The van der Waals surface area contributed by atoms with Gasteiger partial charge in [0.2, 0.25) is 5.91 Å². The summed E-state index contributed by atoms with van der Waals surface area (Å²) in [5.74, 6) is 0.263. The highest BCUT2D eigenvalue weighted by molar-refractivity contribution is 9.10. The van der Waals surface area contributed by atoms with Crippen LogP contribution < -0.4 is 4.90 Å². The number of halogens is 1. The maximum Gasteiger partial charge on any atom is 0.237 e. The van der Waals surface area contributed by atoms with Gasteiger partial charge in [-0.1, -0.05) is 15.9 Å². The SMILES string of the molecule is CCN1C(=O)C2(CC2)c2c1cnc1ccc(Br)cc21. The fourth-order valence-electron chi connectivity index (χ4n) is 3.24. The van der Waals surface area contributed by atoms with Gasteiger partial charge in [0.1, 0.15) is 0 Å². The van der Waals surface area contributed by atoms with Crippen molar-refractivity contribution in [3.05, 3.63) is 34.4 Å². The zero-order valence-electron chi connectivity index (χ0n) is 10.6. The van der Waals surface area contributed by atoms with Crippen molar-refractivity contribution in [1.29, 1.82) is 0 Å². The minimum absolute atomic E-state index is 0.243. The Morgan fingerprint density at radius 1 is 1.42 bits per heavy atom. The van der Waals surface area contributed by atoms with Gasteiger partial charge in [0.15, 0.2) is 0 Å². The molecule has 19 heavy (non-hydrogen) atoms. The van der Waals surface area contributed by atoms with Crippen LogP contribution in [-0.2, 0) is 10.2 Å². The van der Waals surface area contributed by atoms with E-state index >= 15 is 0 Å². The van der Waals surface area contributed by atoms with Crippen LogP contribution in [0.15, 0.2) is 28.9 Å². The molecule has 2 aliphatic rings. The average Bonchev–Trinajstić information content (AvgIpc) is 3.15. The number of benzene rings is 1. The van der Waals surface area contributed by atoms with Crippen LogP contribution in [0.25, 0.3) is 10.9 Å². The Labute approximate surface area is 119 Å². The van der Waals surface area contributed by atoms with Crippen LogP contribution in [0.2, 0.25) is 0 Å². The third kappa shape index (κ3) is 1.32. The van der Waals surface area contributed by atoms with Gasteiger partial charge in [-0.2, -0.15) is 0 Å². The summed E-state index contributed by atoms with van der Waals surface area (Å²) in [5, 5.41) is 1.12. The minimum atomic E-state index is -0.243. The Morgan fingerprint density at radius 3 is 2.89 bits per heavy atom. The number of hydrogen-bond acceptors (Lipinski definition) is 2.